The molecule has 0 radical (unpaired) electrons. The Labute approximate surface area is 130 Å². The van der Waals surface area contributed by atoms with E-state index in [0.29, 0.717) is 0 Å². The number of benzene rings is 1. The van der Waals surface area contributed by atoms with Crippen molar-refractivity contribution in [3.63, 3.8) is 0 Å². The Morgan fingerprint density at radius 2 is 1.87 bits per heavy atom. The van der Waals surface area contributed by atoms with E-state index in [2.05, 4.69) is 0 Å². The van der Waals surface area contributed by atoms with Crippen LogP contribution in [0, 0.1) is 0 Å². The quantitative estimate of drug-likeness (QED) is 0.590. The highest BCUT2D eigenvalue weighted by molar-refractivity contribution is 5.41. The van der Waals surface area contributed by atoms with Crippen LogP contribution in [0.4, 0.5) is 8.78 Å². The van der Waals surface area contributed by atoms with Crippen LogP contribution in [0.3, 0.4) is 0 Å². The highest BCUT2D eigenvalue weighted by atomic mass is 19.3. The van der Waals surface area contributed by atoms with Crippen LogP contribution >= 0.6 is 0 Å². The first-order chi connectivity index (χ1) is 10.9. The third-order valence-corrected chi connectivity index (χ3v) is 3.54. The Kier molecular flexibility index (Phi) is 5.71. The highest BCUT2D eigenvalue weighted by Gasteiger charge is 2.45. The van der Waals surface area contributed by atoms with E-state index in [1.165, 1.54) is 19.2 Å². The average molecular weight is 336 g/mol. The number of hydrogen-bond acceptors (Lipinski definition) is 7. The summed E-state index contributed by atoms with van der Waals surface area (Å²) in [6, 6.07) is 3.66. The molecular formula is C14H18F2O7. The molecule has 0 aromatic heterocycles. The van der Waals surface area contributed by atoms with Gasteiger partial charge in [0.2, 0.25) is 6.29 Å². The molecule has 23 heavy (non-hydrogen) atoms. The fourth-order valence-electron chi connectivity index (χ4n) is 2.22. The molecule has 0 spiro atoms. The van der Waals surface area contributed by atoms with Crippen molar-refractivity contribution in [2.75, 3.05) is 13.7 Å². The van der Waals surface area contributed by atoms with E-state index in [0.717, 1.165) is 6.07 Å². The topological polar surface area (TPSA) is 109 Å². The summed E-state index contributed by atoms with van der Waals surface area (Å²) in [6.07, 6.45) is -10.5. The van der Waals surface area contributed by atoms with Crippen molar-refractivity contribution in [1.82, 2.24) is 0 Å². The molecule has 2 rings (SSSR count). The minimum Gasteiger partial charge on any atom is -0.497 e. The fraction of sp³-hybridized carbons (Fsp3) is 0.571. The second kappa shape index (κ2) is 7.37. The maximum atomic E-state index is 13.1. The molecule has 0 unspecified atom stereocenters. The van der Waals surface area contributed by atoms with Gasteiger partial charge in [0.15, 0.2) is 0 Å². The Hall–Kier alpha value is -1.52. The zero-order valence-corrected chi connectivity index (χ0v) is 12.2. The zero-order valence-electron chi connectivity index (χ0n) is 12.2. The van der Waals surface area contributed by atoms with Crippen LogP contribution in [-0.2, 0) is 4.74 Å². The first-order valence-corrected chi connectivity index (χ1v) is 6.82. The number of aliphatic hydroxyl groups is 4. The SMILES string of the molecule is COc1ccc(O[C@@H]2O[C@H](CO)[C@@H](O)[C@H](O)[C@H]2O)c(C(F)F)c1. The summed E-state index contributed by atoms with van der Waals surface area (Å²) >= 11 is 0. The van der Waals surface area contributed by atoms with Crippen molar-refractivity contribution >= 4 is 0 Å². The molecule has 1 saturated heterocycles. The lowest BCUT2D eigenvalue weighted by molar-refractivity contribution is -0.277. The van der Waals surface area contributed by atoms with Crippen LogP contribution in [-0.4, -0.2) is 64.8 Å². The Morgan fingerprint density at radius 1 is 1.17 bits per heavy atom. The number of aliphatic hydroxyl groups excluding tert-OH is 4. The van der Waals surface area contributed by atoms with Crippen LogP contribution in [0.5, 0.6) is 11.5 Å². The lowest BCUT2D eigenvalue weighted by Crippen LogP contribution is -2.60. The van der Waals surface area contributed by atoms with Gasteiger partial charge in [-0.2, -0.15) is 0 Å². The van der Waals surface area contributed by atoms with E-state index in [1.54, 1.807) is 0 Å². The summed E-state index contributed by atoms with van der Waals surface area (Å²) in [6.45, 7) is -0.644. The van der Waals surface area contributed by atoms with Gasteiger partial charge in [-0.25, -0.2) is 8.78 Å². The summed E-state index contributed by atoms with van der Waals surface area (Å²) in [5.41, 5.74) is -0.485. The molecule has 1 fully saturated rings. The van der Waals surface area contributed by atoms with Crippen LogP contribution in [0.25, 0.3) is 0 Å². The third kappa shape index (κ3) is 3.70. The summed E-state index contributed by atoms with van der Waals surface area (Å²) < 4.78 is 41.4. The molecule has 0 amide bonds. The van der Waals surface area contributed by atoms with Gasteiger partial charge >= 0.3 is 0 Å². The van der Waals surface area contributed by atoms with E-state index in [1.807, 2.05) is 0 Å². The van der Waals surface area contributed by atoms with Crippen molar-refractivity contribution in [3.8, 4) is 11.5 Å². The van der Waals surface area contributed by atoms with Gasteiger partial charge < -0.3 is 34.6 Å². The van der Waals surface area contributed by atoms with Crippen LogP contribution in [0.1, 0.15) is 12.0 Å². The molecule has 5 atom stereocenters. The Balaban J connectivity index is 2.23. The fourth-order valence-corrected chi connectivity index (χ4v) is 2.22. The number of alkyl halides is 2. The number of rotatable bonds is 5. The summed E-state index contributed by atoms with van der Waals surface area (Å²) in [5.74, 6) is -0.0772. The lowest BCUT2D eigenvalue weighted by Gasteiger charge is -2.39. The summed E-state index contributed by atoms with van der Waals surface area (Å²) in [7, 11) is 1.32. The second-order valence-corrected chi connectivity index (χ2v) is 5.02. The highest BCUT2D eigenvalue weighted by Crippen LogP contribution is 2.34. The maximum absolute atomic E-state index is 13.1. The van der Waals surface area contributed by atoms with Crippen LogP contribution in [0.2, 0.25) is 0 Å². The monoisotopic (exact) mass is 336 g/mol. The van der Waals surface area contributed by atoms with Crippen molar-refractivity contribution in [3.05, 3.63) is 23.8 Å². The smallest absolute Gasteiger partial charge is 0.267 e. The zero-order chi connectivity index (χ0) is 17.1. The first kappa shape index (κ1) is 17.8. The van der Waals surface area contributed by atoms with Gasteiger partial charge in [-0.3, -0.25) is 0 Å². The maximum Gasteiger partial charge on any atom is 0.267 e. The molecule has 1 aliphatic rings. The van der Waals surface area contributed by atoms with Gasteiger partial charge in [0.05, 0.1) is 19.3 Å². The Morgan fingerprint density at radius 3 is 2.43 bits per heavy atom. The molecule has 1 aromatic rings. The normalized spacial score (nSPS) is 31.2. The summed E-state index contributed by atoms with van der Waals surface area (Å²) in [5, 5.41) is 38.3. The van der Waals surface area contributed by atoms with Crippen LogP contribution in [0.15, 0.2) is 18.2 Å². The largest absolute Gasteiger partial charge is 0.497 e. The number of methoxy groups -OCH3 is 1. The number of hydrogen-bond donors (Lipinski definition) is 4. The number of halogens is 2. The standard InChI is InChI=1S/C14H18F2O7/c1-21-6-2-3-8(7(4-6)13(15)16)22-14-12(20)11(19)10(18)9(5-17)23-14/h2-4,9-14,17-20H,5H2,1H3/t9-,10-,11+,12-,14-/m1/s1. The molecule has 1 aliphatic heterocycles. The number of ether oxygens (including phenoxy) is 3. The minimum absolute atomic E-state index is 0.196. The second-order valence-electron chi connectivity index (χ2n) is 5.02. The van der Waals surface area contributed by atoms with Crippen LogP contribution < -0.4 is 9.47 Å². The van der Waals surface area contributed by atoms with Crippen molar-refractivity contribution in [2.24, 2.45) is 0 Å². The summed E-state index contributed by atoms with van der Waals surface area (Å²) in [4.78, 5) is 0. The van der Waals surface area contributed by atoms with E-state index >= 15 is 0 Å². The predicted molar refractivity (Wildman–Crippen MR) is 72.3 cm³/mol. The van der Waals surface area contributed by atoms with Gasteiger partial charge in [0, 0.05) is 0 Å². The Bertz CT molecular complexity index is 526. The molecule has 0 aliphatic carbocycles. The molecule has 0 saturated carbocycles. The molecule has 4 N–H and O–H groups in total. The minimum atomic E-state index is -2.87. The third-order valence-electron chi connectivity index (χ3n) is 3.54. The molecule has 9 heteroatoms. The van der Waals surface area contributed by atoms with Crippen molar-refractivity contribution in [1.29, 1.82) is 0 Å². The van der Waals surface area contributed by atoms with Gasteiger partial charge in [-0.15, -0.1) is 0 Å². The molecular weight excluding hydrogens is 318 g/mol. The molecule has 1 heterocycles. The van der Waals surface area contributed by atoms with Gasteiger partial charge in [-0.1, -0.05) is 0 Å². The van der Waals surface area contributed by atoms with E-state index in [-0.39, 0.29) is 11.5 Å². The van der Waals surface area contributed by atoms with E-state index in [4.69, 9.17) is 19.3 Å². The predicted octanol–water partition coefficient (Wildman–Crippen LogP) is -0.189. The van der Waals surface area contributed by atoms with Gasteiger partial charge in [0.25, 0.3) is 6.43 Å². The molecule has 7 nitrogen and oxygen atoms in total. The average Bonchev–Trinajstić information content (AvgIpc) is 2.55. The van der Waals surface area contributed by atoms with Gasteiger partial charge in [-0.05, 0) is 18.2 Å². The van der Waals surface area contributed by atoms with Crippen molar-refractivity contribution < 1.29 is 43.4 Å². The van der Waals surface area contributed by atoms with E-state index < -0.39 is 49.3 Å². The van der Waals surface area contributed by atoms with Crippen molar-refractivity contribution in [2.45, 2.75) is 37.1 Å². The lowest BCUT2D eigenvalue weighted by atomic mass is 9.99. The first-order valence-electron chi connectivity index (χ1n) is 6.82. The molecule has 1 aromatic carbocycles. The molecule has 130 valence electrons. The van der Waals surface area contributed by atoms with E-state index in [9.17, 15) is 24.1 Å². The van der Waals surface area contributed by atoms with Gasteiger partial charge in [0.1, 0.15) is 35.9 Å². The molecule has 0 bridgehead atoms.